The van der Waals surface area contributed by atoms with E-state index in [4.69, 9.17) is 16.6 Å². The number of carbonyl (C=O) groups excluding carboxylic acids is 11. The van der Waals surface area contributed by atoms with Crippen molar-refractivity contribution >= 4 is 105 Å². The summed E-state index contributed by atoms with van der Waals surface area (Å²) in [4.78, 5) is 196. The summed E-state index contributed by atoms with van der Waals surface area (Å²) < 4.78 is 0. The minimum Gasteiger partial charge on any atom is -0.481 e. The van der Waals surface area contributed by atoms with Crippen molar-refractivity contribution in [2.75, 3.05) is 26.2 Å². The van der Waals surface area contributed by atoms with Gasteiger partial charge < -0.3 is 94.8 Å². The number of aromatic nitrogens is 2. The number of para-hydroxylation sites is 2. The van der Waals surface area contributed by atoms with Crippen LogP contribution in [0.1, 0.15) is 111 Å². The molecule has 1 aliphatic rings. The first kappa shape index (κ1) is 76.7. The number of unbranched alkanes of at least 4 members (excludes halogenated alkanes) is 1. The van der Waals surface area contributed by atoms with E-state index in [0.717, 1.165) is 0 Å². The van der Waals surface area contributed by atoms with Gasteiger partial charge in [-0.25, -0.2) is 0 Å². The molecule has 524 valence electrons. The van der Waals surface area contributed by atoms with E-state index < -0.39 is 181 Å². The van der Waals surface area contributed by atoms with Crippen LogP contribution in [-0.4, -0.2) is 200 Å². The van der Waals surface area contributed by atoms with Crippen molar-refractivity contribution in [1.29, 1.82) is 0 Å². The summed E-state index contributed by atoms with van der Waals surface area (Å²) in [6, 6.07) is -0.1000. The highest BCUT2D eigenvalue weighted by molar-refractivity contribution is 6.00. The Morgan fingerprint density at radius 2 is 1.02 bits per heavy atom. The number of hydrogen-bond acceptors (Lipinski definition) is 16. The summed E-state index contributed by atoms with van der Waals surface area (Å²) in [5.41, 5.74) is 13.9. The predicted molar refractivity (Wildman–Crippen MR) is 348 cm³/mol. The maximum atomic E-state index is 14.8. The molecular formula is C64H91N15O17. The lowest BCUT2D eigenvalue weighted by atomic mass is 9.98. The number of hydrogen-bond donors (Lipinski definition) is 17. The first-order chi connectivity index (χ1) is 45.4. The zero-order valence-electron chi connectivity index (χ0n) is 54.8. The second-order valence-electron chi connectivity index (χ2n) is 24.9. The summed E-state index contributed by atoms with van der Waals surface area (Å²) in [6.07, 6.45) is 2.46. The number of H-pyrrole nitrogens is 2. The molecule has 4 aromatic rings. The van der Waals surface area contributed by atoms with Gasteiger partial charge in [0, 0.05) is 53.6 Å². The molecule has 32 heteroatoms. The van der Waals surface area contributed by atoms with E-state index >= 15 is 0 Å². The molecule has 2 aromatic heterocycles. The molecular weight excluding hydrogens is 1250 g/mol. The molecule has 0 unspecified atom stereocenters. The third kappa shape index (κ3) is 22.9. The van der Waals surface area contributed by atoms with Crippen LogP contribution in [0.25, 0.3) is 21.8 Å². The lowest BCUT2D eigenvalue weighted by molar-refractivity contribution is -0.142. The largest absolute Gasteiger partial charge is 0.481 e. The molecule has 0 saturated carbocycles. The molecule has 10 atom stereocenters. The average molecular weight is 1340 g/mol. The minimum atomic E-state index is -1.93. The van der Waals surface area contributed by atoms with Crippen LogP contribution < -0.4 is 64.6 Å². The van der Waals surface area contributed by atoms with Gasteiger partial charge in [0.05, 0.1) is 25.4 Å². The first-order valence-corrected chi connectivity index (χ1v) is 31.9. The molecule has 32 nitrogen and oxygen atoms in total. The molecule has 11 amide bonds. The zero-order valence-corrected chi connectivity index (χ0v) is 54.8. The van der Waals surface area contributed by atoms with E-state index in [1.54, 1.807) is 102 Å². The van der Waals surface area contributed by atoms with Gasteiger partial charge in [0.25, 0.3) is 0 Å². The lowest BCUT2D eigenvalue weighted by Gasteiger charge is -2.30. The number of nitrogens with two attached hydrogens (primary N) is 2. The summed E-state index contributed by atoms with van der Waals surface area (Å²) in [5, 5.41) is 55.0. The Morgan fingerprint density at radius 3 is 1.55 bits per heavy atom. The Balaban J connectivity index is 1.35. The van der Waals surface area contributed by atoms with Crippen molar-refractivity contribution in [3.63, 3.8) is 0 Å². The quantitative estimate of drug-likeness (QED) is 0.0225. The van der Waals surface area contributed by atoms with Gasteiger partial charge in [-0.2, -0.15) is 0 Å². The SMILES string of the molecule is CC(C)C[C@H](NC(=O)[C@@H](N)CC(=O)O)C(=O)N[C@@H](Cc1c[nH]c2ccccc12)C(=O)N[C@@H](CC(=O)O)C(=O)N[C@@H](Cc1c[nH]c2ccccc12)C(=O)N[C@H](C(=O)N[C@H](C(=O)NCC(=O)N[C@@H](CCCCN)C(=O)N1CCC[C@H]1C(=O)N[C@@H](C)C(=O)NCC(=O)O)C(C)C)C(C)C. The third-order valence-electron chi connectivity index (χ3n) is 16.0. The number of carboxylic acid groups (broad SMARTS) is 3. The van der Waals surface area contributed by atoms with Crippen LogP contribution in [0.5, 0.6) is 0 Å². The maximum absolute atomic E-state index is 14.8. The Hall–Kier alpha value is -9.98. The molecule has 0 aliphatic carbocycles. The van der Waals surface area contributed by atoms with Gasteiger partial charge in [-0.05, 0) is 93.0 Å². The molecule has 0 spiro atoms. The van der Waals surface area contributed by atoms with Crippen molar-refractivity contribution in [3.8, 4) is 0 Å². The first-order valence-electron chi connectivity index (χ1n) is 31.9. The second-order valence-corrected chi connectivity index (χ2v) is 24.9. The molecule has 19 N–H and O–H groups in total. The summed E-state index contributed by atoms with van der Waals surface area (Å²) >= 11 is 0. The van der Waals surface area contributed by atoms with Gasteiger partial charge in [0.2, 0.25) is 65.0 Å². The number of rotatable bonds is 38. The highest BCUT2D eigenvalue weighted by atomic mass is 16.4. The fourth-order valence-corrected chi connectivity index (χ4v) is 11.0. The highest BCUT2D eigenvalue weighted by Gasteiger charge is 2.40. The Labute approximate surface area is 553 Å². The number of fused-ring (bicyclic) bond motifs is 2. The van der Waals surface area contributed by atoms with E-state index in [0.29, 0.717) is 52.2 Å². The second kappa shape index (κ2) is 36.6. The standard InChI is InChI=1S/C64H91N15O17/c1-32(2)23-44(73-56(88)40(66)26-50(81)82)57(89)74-45(24-36-28-67-41-17-10-8-15-38(36)41)58(90)76-47(27-51(83)84)59(91)75-46(25-37-29-68-42-18-11-9-16-39(37)42)60(92)77-54(34(5)6)63(95)78-53(33(3)4)62(94)69-30-49(80)72-43(19-12-13-21-65)64(96)79-22-14-20-48(79)61(93)71-35(7)55(87)70-31-52(85)86/h8-11,15-18,28-29,32-35,40,43-48,53-54,67-68H,12-14,19-27,30-31,65-66H2,1-7H3,(H,69,94)(H,70,87)(H,71,93)(H,72,80)(H,73,88)(H,74,89)(H,75,91)(H,76,90)(H,77,92)(H,78,95)(H,81,82)(H,83,84)(H,85,86)/t35-,40-,43-,44-,45-,46-,47-,48-,53-,54-/m0/s1. The number of aromatic amines is 2. The highest BCUT2D eigenvalue weighted by Crippen LogP contribution is 2.23. The predicted octanol–water partition coefficient (Wildman–Crippen LogP) is -1.60. The van der Waals surface area contributed by atoms with Crippen LogP contribution in [-0.2, 0) is 80.0 Å². The van der Waals surface area contributed by atoms with Gasteiger partial charge >= 0.3 is 17.9 Å². The topological polar surface area (TPSA) is 507 Å². The van der Waals surface area contributed by atoms with Crippen LogP contribution in [0, 0.1) is 17.8 Å². The maximum Gasteiger partial charge on any atom is 0.322 e. The fraction of sp³-hybridized carbons (Fsp3) is 0.531. The number of nitrogens with one attached hydrogen (secondary N) is 12. The van der Waals surface area contributed by atoms with Crippen LogP contribution in [0.4, 0.5) is 0 Å². The Morgan fingerprint density at radius 1 is 0.531 bits per heavy atom. The lowest BCUT2D eigenvalue weighted by Crippen LogP contribution is -2.61. The van der Waals surface area contributed by atoms with Gasteiger partial charge in [0.1, 0.15) is 60.9 Å². The number of likely N-dealkylation sites (tertiary alicyclic amines) is 1. The molecule has 0 radical (unpaired) electrons. The summed E-state index contributed by atoms with van der Waals surface area (Å²) in [7, 11) is 0. The summed E-state index contributed by atoms with van der Waals surface area (Å²) in [6.45, 7) is 10.3. The number of benzene rings is 2. The molecule has 3 heterocycles. The zero-order chi connectivity index (χ0) is 71.1. The van der Waals surface area contributed by atoms with Crippen molar-refractivity contribution in [3.05, 3.63) is 72.1 Å². The van der Waals surface area contributed by atoms with Crippen molar-refractivity contribution in [2.24, 2.45) is 29.2 Å². The molecule has 1 aliphatic heterocycles. The van der Waals surface area contributed by atoms with Gasteiger partial charge in [-0.15, -0.1) is 0 Å². The van der Waals surface area contributed by atoms with Gasteiger partial charge in [-0.3, -0.25) is 67.1 Å². The van der Waals surface area contributed by atoms with Crippen LogP contribution in [0.3, 0.4) is 0 Å². The van der Waals surface area contributed by atoms with Crippen molar-refractivity contribution < 1.29 is 82.4 Å². The van der Waals surface area contributed by atoms with E-state index in [1.165, 1.54) is 11.8 Å². The van der Waals surface area contributed by atoms with E-state index in [9.17, 15) is 77.3 Å². The van der Waals surface area contributed by atoms with Gasteiger partial charge in [0.15, 0.2) is 0 Å². The molecule has 1 fully saturated rings. The number of carbonyl (C=O) groups is 14. The van der Waals surface area contributed by atoms with Crippen LogP contribution in [0.15, 0.2) is 60.9 Å². The third-order valence-corrected chi connectivity index (χ3v) is 16.0. The van der Waals surface area contributed by atoms with E-state index in [-0.39, 0.29) is 51.1 Å². The molecule has 96 heavy (non-hydrogen) atoms. The summed E-state index contributed by atoms with van der Waals surface area (Å²) in [5.74, 6) is -15.4. The van der Waals surface area contributed by atoms with E-state index in [1.807, 2.05) is 0 Å². The van der Waals surface area contributed by atoms with Crippen LogP contribution in [0.2, 0.25) is 0 Å². The minimum absolute atomic E-state index is 0.000318. The average Bonchev–Trinajstić information content (AvgIpc) is 1.62. The Bertz CT molecular complexity index is 3460. The van der Waals surface area contributed by atoms with Crippen molar-refractivity contribution in [2.45, 2.75) is 173 Å². The fourth-order valence-electron chi connectivity index (χ4n) is 11.0. The normalized spacial score (nSPS) is 15.8. The number of carboxylic acids is 3. The Kier molecular flexibility index (Phi) is 29.3. The van der Waals surface area contributed by atoms with Gasteiger partial charge in [-0.1, -0.05) is 77.9 Å². The molecule has 2 aromatic carbocycles. The number of amides is 11. The number of nitrogens with zero attached hydrogens (tertiary/aromatic N) is 1. The molecule has 5 rings (SSSR count). The molecule has 1 saturated heterocycles. The smallest absolute Gasteiger partial charge is 0.322 e. The molecule has 0 bridgehead atoms. The number of aliphatic carboxylic acids is 3. The van der Waals surface area contributed by atoms with Crippen LogP contribution >= 0.6 is 0 Å². The monoisotopic (exact) mass is 1340 g/mol. The van der Waals surface area contributed by atoms with E-state index in [2.05, 4.69) is 63.1 Å². The van der Waals surface area contributed by atoms with Crippen molar-refractivity contribution in [1.82, 2.24) is 68.0 Å².